The van der Waals surface area contributed by atoms with Gasteiger partial charge in [-0.1, -0.05) is 23.1 Å². The zero-order valence-corrected chi connectivity index (χ0v) is 21.1. The lowest BCUT2D eigenvalue weighted by molar-refractivity contribution is -0.150. The van der Waals surface area contributed by atoms with Crippen LogP contribution in [0.15, 0.2) is 21.7 Å². The van der Waals surface area contributed by atoms with Gasteiger partial charge in [-0.2, -0.15) is 18.3 Å². The molecule has 2 fully saturated rings. The molecular weight excluding hydrogens is 541 g/mol. The number of carbonyl (C=O) groups is 3. The van der Waals surface area contributed by atoms with Crippen molar-refractivity contribution in [3.63, 3.8) is 0 Å². The van der Waals surface area contributed by atoms with Crippen LogP contribution < -0.4 is 5.32 Å². The number of carbonyl (C=O) groups excluding carboxylic acids is 2. The molecule has 2 aromatic heterocycles. The molecule has 4 heterocycles. The van der Waals surface area contributed by atoms with Gasteiger partial charge >= 0.3 is 12.1 Å². The second-order valence-corrected chi connectivity index (χ2v) is 12.0. The minimum atomic E-state index is -4.63. The van der Waals surface area contributed by atoms with Crippen LogP contribution in [0, 0.1) is 6.92 Å². The standard InChI is InChI=1S/C20H19F3N6O4S3/c1-8-25-26-19(36-8)35-7-10-6-34-17-14(16(31)29(17)15(10)18(32)33)24-13(30)5-28-11(9-2-3-9)4-12(27-28)20(21,22)23/h4,9,14,17H,2-3,5-7H2,1H3,(H,24,30)(H,32,33)/t14-,17-/m1/s1. The molecule has 10 nitrogen and oxygen atoms in total. The molecule has 0 spiro atoms. The molecule has 0 radical (unpaired) electrons. The van der Waals surface area contributed by atoms with E-state index in [-0.39, 0.29) is 11.6 Å². The number of amides is 2. The smallest absolute Gasteiger partial charge is 0.435 e. The van der Waals surface area contributed by atoms with Gasteiger partial charge in [-0.05, 0) is 31.4 Å². The highest BCUT2D eigenvalue weighted by atomic mass is 32.2. The number of β-lactam (4-membered cyclic amide) rings is 1. The number of rotatable bonds is 8. The van der Waals surface area contributed by atoms with Gasteiger partial charge in [0.1, 0.15) is 28.7 Å². The summed E-state index contributed by atoms with van der Waals surface area (Å²) in [7, 11) is 0. The lowest BCUT2D eigenvalue weighted by Gasteiger charge is -2.49. The summed E-state index contributed by atoms with van der Waals surface area (Å²) in [5.74, 6) is -1.89. The molecule has 2 atom stereocenters. The van der Waals surface area contributed by atoms with Crippen LogP contribution in [0.4, 0.5) is 13.2 Å². The van der Waals surface area contributed by atoms with Crippen LogP contribution in [0.25, 0.3) is 0 Å². The van der Waals surface area contributed by atoms with E-state index in [4.69, 9.17) is 0 Å². The highest BCUT2D eigenvalue weighted by Crippen LogP contribution is 2.43. The van der Waals surface area contributed by atoms with E-state index in [1.165, 1.54) is 34.9 Å². The molecule has 1 saturated heterocycles. The van der Waals surface area contributed by atoms with Gasteiger partial charge < -0.3 is 10.4 Å². The topological polar surface area (TPSA) is 130 Å². The molecule has 2 aliphatic heterocycles. The number of carboxylic acids is 1. The number of carboxylic acid groups (broad SMARTS) is 1. The molecule has 192 valence electrons. The summed E-state index contributed by atoms with van der Waals surface area (Å²) in [4.78, 5) is 38.6. The number of aromatic nitrogens is 4. The molecule has 16 heteroatoms. The largest absolute Gasteiger partial charge is 0.477 e. The van der Waals surface area contributed by atoms with Crippen LogP contribution >= 0.6 is 34.9 Å². The summed E-state index contributed by atoms with van der Waals surface area (Å²) in [5.41, 5.74) is -0.267. The predicted molar refractivity (Wildman–Crippen MR) is 124 cm³/mol. The minimum Gasteiger partial charge on any atom is -0.477 e. The van der Waals surface area contributed by atoms with Crippen molar-refractivity contribution in [2.75, 3.05) is 11.5 Å². The zero-order chi connectivity index (χ0) is 25.8. The summed E-state index contributed by atoms with van der Waals surface area (Å²) in [6.07, 6.45) is -3.18. The first-order chi connectivity index (χ1) is 17.0. The van der Waals surface area contributed by atoms with Gasteiger partial charge in [0, 0.05) is 23.1 Å². The van der Waals surface area contributed by atoms with Crippen LogP contribution in [0.2, 0.25) is 0 Å². The molecule has 2 N–H and O–H groups in total. The molecule has 36 heavy (non-hydrogen) atoms. The highest BCUT2D eigenvalue weighted by molar-refractivity contribution is 8.01. The third-order valence-corrected chi connectivity index (χ3v) is 9.23. The molecule has 0 aromatic carbocycles. The number of aryl methyl sites for hydroxylation is 1. The Morgan fingerprint density at radius 1 is 1.31 bits per heavy atom. The summed E-state index contributed by atoms with van der Waals surface area (Å²) in [5, 5.41) is 24.0. The van der Waals surface area contributed by atoms with Crippen molar-refractivity contribution in [2.24, 2.45) is 0 Å². The Hall–Kier alpha value is -2.59. The maximum absolute atomic E-state index is 13.1. The Morgan fingerprint density at radius 2 is 2.06 bits per heavy atom. The second kappa shape index (κ2) is 9.37. The Balaban J connectivity index is 1.26. The number of hydrogen-bond donors (Lipinski definition) is 2. The minimum absolute atomic E-state index is 0.0697. The van der Waals surface area contributed by atoms with Gasteiger partial charge in [-0.3, -0.25) is 19.2 Å². The van der Waals surface area contributed by atoms with Gasteiger partial charge in [0.15, 0.2) is 10.0 Å². The molecule has 2 aromatic rings. The molecule has 3 aliphatic rings. The van der Waals surface area contributed by atoms with E-state index < -0.39 is 47.6 Å². The summed E-state index contributed by atoms with van der Waals surface area (Å²) in [6, 6.07) is -0.0102. The first kappa shape index (κ1) is 25.1. The third-order valence-electron chi connectivity index (χ3n) is 5.83. The molecule has 2 amide bonds. The Kier molecular flexibility index (Phi) is 6.53. The molecular formula is C20H19F3N6O4S3. The van der Waals surface area contributed by atoms with Crippen molar-refractivity contribution in [1.82, 2.24) is 30.2 Å². The number of thioether (sulfide) groups is 2. The molecule has 5 rings (SSSR count). The van der Waals surface area contributed by atoms with Crippen molar-refractivity contribution in [3.05, 3.63) is 33.7 Å². The number of alkyl halides is 3. The Labute approximate surface area is 214 Å². The van der Waals surface area contributed by atoms with Crippen molar-refractivity contribution >= 4 is 52.6 Å². The van der Waals surface area contributed by atoms with Gasteiger partial charge in [-0.25, -0.2) is 4.79 Å². The van der Waals surface area contributed by atoms with Gasteiger partial charge in [0.25, 0.3) is 5.91 Å². The highest BCUT2D eigenvalue weighted by Gasteiger charge is 2.54. The van der Waals surface area contributed by atoms with Crippen LogP contribution in [-0.4, -0.2) is 70.7 Å². The molecule has 1 saturated carbocycles. The number of nitrogens with one attached hydrogen (secondary N) is 1. The van der Waals surface area contributed by atoms with Crippen molar-refractivity contribution in [1.29, 1.82) is 0 Å². The number of nitrogens with zero attached hydrogens (tertiary/aromatic N) is 5. The van der Waals surface area contributed by atoms with E-state index in [1.54, 1.807) is 0 Å². The maximum atomic E-state index is 13.1. The molecule has 0 bridgehead atoms. The quantitative estimate of drug-likeness (QED) is 0.369. The monoisotopic (exact) mass is 560 g/mol. The number of aliphatic carboxylic acids is 1. The van der Waals surface area contributed by atoms with Crippen LogP contribution in [0.5, 0.6) is 0 Å². The van der Waals surface area contributed by atoms with E-state index >= 15 is 0 Å². The predicted octanol–water partition coefficient (Wildman–Crippen LogP) is 2.47. The summed E-state index contributed by atoms with van der Waals surface area (Å²) >= 11 is 4.04. The first-order valence-electron chi connectivity index (χ1n) is 10.8. The van der Waals surface area contributed by atoms with E-state index in [0.29, 0.717) is 27.1 Å². The Bertz CT molecular complexity index is 1270. The summed E-state index contributed by atoms with van der Waals surface area (Å²) in [6.45, 7) is 1.35. The van der Waals surface area contributed by atoms with E-state index in [2.05, 4.69) is 20.6 Å². The van der Waals surface area contributed by atoms with Crippen LogP contribution in [0.3, 0.4) is 0 Å². The van der Waals surface area contributed by atoms with Crippen LogP contribution in [0.1, 0.15) is 35.2 Å². The van der Waals surface area contributed by atoms with Crippen molar-refractivity contribution in [3.8, 4) is 0 Å². The fourth-order valence-corrected chi connectivity index (χ4v) is 7.34. The van der Waals surface area contributed by atoms with Gasteiger partial charge in [0.05, 0.1) is 0 Å². The van der Waals surface area contributed by atoms with E-state index in [1.807, 2.05) is 6.92 Å². The number of hydrogen-bond acceptors (Lipinski definition) is 9. The lowest BCUT2D eigenvalue weighted by Crippen LogP contribution is -2.70. The second-order valence-electron chi connectivity index (χ2n) is 8.47. The average Bonchev–Trinajstić information content (AvgIpc) is 3.43. The molecule has 0 unspecified atom stereocenters. The van der Waals surface area contributed by atoms with Crippen LogP contribution in [-0.2, 0) is 27.1 Å². The zero-order valence-electron chi connectivity index (χ0n) is 18.6. The normalized spacial score (nSPS) is 21.9. The summed E-state index contributed by atoms with van der Waals surface area (Å²) < 4.78 is 41.1. The van der Waals surface area contributed by atoms with Gasteiger partial charge in [-0.15, -0.1) is 22.0 Å². The molecule has 1 aliphatic carbocycles. The number of fused-ring (bicyclic) bond motifs is 1. The fourth-order valence-electron chi connectivity index (χ4n) is 4.04. The maximum Gasteiger partial charge on any atom is 0.435 e. The lowest BCUT2D eigenvalue weighted by atomic mass is 10.0. The van der Waals surface area contributed by atoms with Crippen molar-refractivity contribution in [2.45, 2.75) is 54.2 Å². The van der Waals surface area contributed by atoms with Crippen molar-refractivity contribution < 1.29 is 32.7 Å². The Morgan fingerprint density at radius 3 is 2.67 bits per heavy atom. The van der Waals surface area contributed by atoms with E-state index in [0.717, 1.165) is 33.5 Å². The van der Waals surface area contributed by atoms with E-state index in [9.17, 15) is 32.7 Å². The van der Waals surface area contributed by atoms with Gasteiger partial charge in [0.2, 0.25) is 5.91 Å². The average molecular weight is 561 g/mol. The fraction of sp³-hybridized carbons (Fsp3) is 0.500. The first-order valence-corrected chi connectivity index (χ1v) is 13.6. The third kappa shape index (κ3) is 4.85. The SMILES string of the molecule is Cc1nnc(SCC2=C(C(=O)O)N3C(=O)[C@@H](NC(=O)Cn4nc(C(F)(F)F)cc4C4CC4)[C@H]3SC2)s1. The number of halogens is 3.